The van der Waals surface area contributed by atoms with Gasteiger partial charge in [-0.05, 0) is 43.7 Å². The van der Waals surface area contributed by atoms with E-state index in [-0.39, 0.29) is 38.4 Å². The third-order valence-corrected chi connectivity index (χ3v) is 4.55. The molecule has 1 heterocycles. The fraction of sp³-hybridized carbons (Fsp3) is 0.318. The van der Waals surface area contributed by atoms with E-state index < -0.39 is 5.82 Å². The number of hydrogen-bond acceptors (Lipinski definition) is 2. The molecule has 1 aliphatic carbocycles. The monoisotopic (exact) mass is 469 g/mol. The molecule has 1 N–H and O–H groups in total. The van der Waals surface area contributed by atoms with Crippen LogP contribution in [0.5, 0.6) is 5.75 Å². The van der Waals surface area contributed by atoms with E-state index in [2.05, 4.69) is 29.4 Å². The van der Waals surface area contributed by atoms with Gasteiger partial charge < -0.3 is 20.4 Å². The van der Waals surface area contributed by atoms with Gasteiger partial charge in [0.15, 0.2) is 0 Å². The standard InChI is InChI=1S/C12H16NO.C10H9FN3.Y/c1-9-7-12(14-2)6-3-10(9)8-13-11-4-5-11;1-7-5-14(6-13-7)10-3-2-8(12)4-9(10)11;/h3,6-7,11H,4-5,8H2,1-2H3;2-6,12H,1H3;/q2*-1;. The molecule has 0 aliphatic heterocycles. The Morgan fingerprint density at radius 3 is 2.52 bits per heavy atom. The van der Waals surface area contributed by atoms with Crippen LogP contribution < -0.4 is 4.74 Å². The molecule has 1 fully saturated rings. The number of halogens is 1. The molecule has 2 aromatic carbocycles. The van der Waals surface area contributed by atoms with Crippen molar-refractivity contribution in [1.82, 2.24) is 9.55 Å². The number of ether oxygens (including phenoxy) is 1. The smallest absolute Gasteiger partial charge is 0.145 e. The molecule has 1 saturated carbocycles. The average Bonchev–Trinajstić information content (AvgIpc) is 3.40. The molecular weight excluding hydrogens is 444 g/mol. The molecule has 0 bridgehead atoms. The third kappa shape index (κ3) is 6.91. The van der Waals surface area contributed by atoms with Crippen LogP contribution in [0.3, 0.4) is 0 Å². The van der Waals surface area contributed by atoms with Gasteiger partial charge in [-0.3, -0.25) is 0 Å². The summed E-state index contributed by atoms with van der Waals surface area (Å²) in [5.74, 6) is 0.521. The molecule has 7 heteroatoms. The summed E-state index contributed by atoms with van der Waals surface area (Å²) in [6.45, 7) is 4.81. The second kappa shape index (κ2) is 10.9. The number of methoxy groups -OCH3 is 1. The van der Waals surface area contributed by atoms with Crippen molar-refractivity contribution in [2.75, 3.05) is 7.11 Å². The Balaban J connectivity index is 0.000000200. The minimum atomic E-state index is -0.408. The normalized spacial score (nSPS) is 12.6. The van der Waals surface area contributed by atoms with Gasteiger partial charge in [-0.25, -0.2) is 9.37 Å². The van der Waals surface area contributed by atoms with E-state index in [0.29, 0.717) is 11.7 Å². The summed E-state index contributed by atoms with van der Waals surface area (Å²) in [7, 11) is 1.70. The predicted molar refractivity (Wildman–Crippen MR) is 110 cm³/mol. The summed E-state index contributed by atoms with van der Waals surface area (Å²) in [5, 5.41) is 4.58. The van der Waals surface area contributed by atoms with E-state index in [9.17, 15) is 4.39 Å². The molecule has 3 aromatic rings. The Hall–Kier alpha value is -1.76. The Morgan fingerprint density at radius 2 is 1.97 bits per heavy atom. The molecule has 0 spiro atoms. The van der Waals surface area contributed by atoms with Gasteiger partial charge in [-0.2, -0.15) is 0 Å². The van der Waals surface area contributed by atoms with Gasteiger partial charge in [0.25, 0.3) is 0 Å². The number of aryl methyl sites for hydroxylation is 2. The van der Waals surface area contributed by atoms with Crippen molar-refractivity contribution in [3.8, 4) is 11.4 Å². The van der Waals surface area contributed by atoms with Crippen molar-refractivity contribution in [2.24, 2.45) is 0 Å². The van der Waals surface area contributed by atoms with Crippen LogP contribution in [0.15, 0.2) is 48.9 Å². The molecule has 0 saturated heterocycles. The summed E-state index contributed by atoms with van der Waals surface area (Å²) in [6.07, 6.45) is 5.86. The molecule has 0 atom stereocenters. The van der Waals surface area contributed by atoms with Gasteiger partial charge in [-0.1, -0.05) is 30.5 Å². The summed E-state index contributed by atoms with van der Waals surface area (Å²) in [6, 6.07) is 11.1. The molecule has 151 valence electrons. The largest absolute Gasteiger partial charge is 0.699 e. The molecule has 4 rings (SSSR count). The molecule has 1 aromatic heterocycles. The number of rotatable bonds is 5. The molecule has 0 amide bonds. The number of imidazole rings is 1. The van der Waals surface area contributed by atoms with Gasteiger partial charge in [0.05, 0.1) is 24.8 Å². The summed E-state index contributed by atoms with van der Waals surface area (Å²) in [4.78, 5) is 4.01. The van der Waals surface area contributed by atoms with Gasteiger partial charge in [0.2, 0.25) is 0 Å². The Morgan fingerprint density at radius 1 is 1.21 bits per heavy atom. The topological polar surface area (TPSA) is 65.0 Å². The van der Waals surface area contributed by atoms with Crippen LogP contribution in [0.1, 0.15) is 29.7 Å². The number of aromatic nitrogens is 2. The molecule has 0 unspecified atom stereocenters. The van der Waals surface area contributed by atoms with Crippen LogP contribution in [0.25, 0.3) is 16.7 Å². The van der Waals surface area contributed by atoms with Crippen LogP contribution in [0, 0.1) is 19.7 Å². The van der Waals surface area contributed by atoms with Crippen molar-refractivity contribution in [2.45, 2.75) is 39.3 Å². The van der Waals surface area contributed by atoms with Gasteiger partial charge in [0, 0.05) is 38.9 Å². The minimum Gasteiger partial charge on any atom is -0.699 e. The van der Waals surface area contributed by atoms with E-state index in [1.807, 2.05) is 13.0 Å². The summed E-state index contributed by atoms with van der Waals surface area (Å²) in [5.41, 5.74) is 11.2. The van der Waals surface area contributed by atoms with Crippen molar-refractivity contribution >= 4 is 5.69 Å². The van der Waals surface area contributed by atoms with Crippen LogP contribution in [-0.4, -0.2) is 22.7 Å². The summed E-state index contributed by atoms with van der Waals surface area (Å²) < 4.78 is 20.1. The molecule has 5 nitrogen and oxygen atoms in total. The molecule has 1 aliphatic rings. The van der Waals surface area contributed by atoms with Gasteiger partial charge >= 0.3 is 0 Å². The van der Waals surface area contributed by atoms with E-state index >= 15 is 0 Å². The van der Waals surface area contributed by atoms with Crippen molar-refractivity contribution in [3.05, 3.63) is 82.6 Å². The van der Waals surface area contributed by atoms with E-state index in [4.69, 9.17) is 10.5 Å². The minimum absolute atomic E-state index is 0. The van der Waals surface area contributed by atoms with E-state index in [1.54, 1.807) is 36.3 Å². The maximum Gasteiger partial charge on any atom is 0.145 e. The van der Waals surface area contributed by atoms with Crippen LogP contribution in [-0.2, 0) is 39.3 Å². The first-order valence-electron chi connectivity index (χ1n) is 9.28. The fourth-order valence-corrected chi connectivity index (χ4v) is 2.73. The second-order valence-corrected chi connectivity index (χ2v) is 6.95. The number of hydrogen-bond donors (Lipinski definition) is 0. The molecule has 1 radical (unpaired) electrons. The van der Waals surface area contributed by atoms with Crippen LogP contribution in [0.2, 0.25) is 0 Å². The predicted octanol–water partition coefficient (Wildman–Crippen LogP) is 6.04. The molecule has 29 heavy (non-hydrogen) atoms. The van der Waals surface area contributed by atoms with Crippen LogP contribution in [0.4, 0.5) is 10.1 Å². The zero-order chi connectivity index (χ0) is 20.1. The number of benzene rings is 2. The third-order valence-electron chi connectivity index (χ3n) is 4.55. The first-order valence-corrected chi connectivity index (χ1v) is 9.28. The van der Waals surface area contributed by atoms with Crippen molar-refractivity contribution in [1.29, 1.82) is 0 Å². The maximum atomic E-state index is 13.4. The van der Waals surface area contributed by atoms with Gasteiger partial charge in [0.1, 0.15) is 11.6 Å². The first-order chi connectivity index (χ1) is 13.5. The van der Waals surface area contributed by atoms with Crippen molar-refractivity contribution in [3.63, 3.8) is 0 Å². The summed E-state index contributed by atoms with van der Waals surface area (Å²) >= 11 is 0. The fourth-order valence-electron chi connectivity index (χ4n) is 2.73. The van der Waals surface area contributed by atoms with E-state index in [1.165, 1.54) is 30.0 Å². The quantitative estimate of drug-likeness (QED) is 0.457. The first kappa shape index (κ1) is 23.5. The average molecular weight is 469 g/mol. The number of nitrogens with one attached hydrogen (secondary N) is 1. The second-order valence-electron chi connectivity index (χ2n) is 6.95. The Labute approximate surface area is 196 Å². The Bertz CT molecular complexity index is 940. The van der Waals surface area contributed by atoms with Crippen LogP contribution >= 0.6 is 0 Å². The molecular formula is C22H25FN4OY-2. The zero-order valence-corrected chi connectivity index (χ0v) is 19.9. The van der Waals surface area contributed by atoms with E-state index in [0.717, 1.165) is 18.0 Å². The Kier molecular flexibility index (Phi) is 8.81. The van der Waals surface area contributed by atoms with Gasteiger partial charge in [-0.15, -0.1) is 18.3 Å². The zero-order valence-electron chi connectivity index (χ0n) is 17.0. The maximum absolute atomic E-state index is 13.4. The van der Waals surface area contributed by atoms with Crippen molar-refractivity contribution < 1.29 is 41.8 Å². The SMILES string of the molecule is COc1ccc(C[N-]C2CC2)c(C)c1.Cc1cn(-c2ccc([NH-])cc2F)cn1.[Y]. The number of nitrogens with zero attached hydrogens (tertiary/aromatic N) is 3.